The number of aromatic nitrogens is 1. The summed E-state index contributed by atoms with van der Waals surface area (Å²) in [6, 6.07) is 11.8. The summed E-state index contributed by atoms with van der Waals surface area (Å²) in [6.07, 6.45) is 4.13. The van der Waals surface area contributed by atoms with Crippen molar-refractivity contribution in [2.24, 2.45) is 5.92 Å². The Morgan fingerprint density at radius 3 is 2.81 bits per heavy atom. The molecule has 0 saturated carbocycles. The minimum absolute atomic E-state index is 0.217. The van der Waals surface area contributed by atoms with Crippen molar-refractivity contribution in [2.45, 2.75) is 32.3 Å². The number of nitrogens with zero attached hydrogens (tertiary/aromatic N) is 2. The lowest BCUT2D eigenvalue weighted by Gasteiger charge is -2.29. The quantitative estimate of drug-likeness (QED) is 0.918. The minimum Gasteiger partial charge on any atom is -0.388 e. The van der Waals surface area contributed by atoms with Crippen molar-refractivity contribution in [3.8, 4) is 6.07 Å². The van der Waals surface area contributed by atoms with Gasteiger partial charge in [0.15, 0.2) is 0 Å². The summed E-state index contributed by atoms with van der Waals surface area (Å²) in [4.78, 5) is 4.44. The van der Waals surface area contributed by atoms with Gasteiger partial charge in [0.2, 0.25) is 0 Å². The van der Waals surface area contributed by atoms with E-state index in [2.05, 4.69) is 17.1 Å². The topological polar surface area (TPSA) is 56.9 Å². The van der Waals surface area contributed by atoms with E-state index in [1.807, 2.05) is 37.4 Å². The Morgan fingerprint density at radius 2 is 2.10 bits per heavy atom. The van der Waals surface area contributed by atoms with Crippen LogP contribution in [0.1, 0.15) is 40.5 Å². The van der Waals surface area contributed by atoms with E-state index in [4.69, 9.17) is 5.26 Å². The van der Waals surface area contributed by atoms with Crippen LogP contribution in [0.4, 0.5) is 0 Å². The average molecular weight is 278 g/mol. The monoisotopic (exact) mass is 278 g/mol. The number of aryl methyl sites for hydroxylation is 2. The Balaban J connectivity index is 1.79. The van der Waals surface area contributed by atoms with Gasteiger partial charge in [-0.2, -0.15) is 5.26 Å². The van der Waals surface area contributed by atoms with Crippen LogP contribution in [-0.4, -0.2) is 10.1 Å². The van der Waals surface area contributed by atoms with Crippen LogP contribution < -0.4 is 0 Å². The van der Waals surface area contributed by atoms with Crippen molar-refractivity contribution in [3.05, 3.63) is 64.5 Å². The zero-order valence-corrected chi connectivity index (χ0v) is 12.1. The first kappa shape index (κ1) is 13.8. The Morgan fingerprint density at radius 1 is 1.33 bits per heavy atom. The van der Waals surface area contributed by atoms with Crippen LogP contribution in [0.2, 0.25) is 0 Å². The second-order valence-corrected chi connectivity index (χ2v) is 5.81. The van der Waals surface area contributed by atoms with Crippen LogP contribution in [0.3, 0.4) is 0 Å². The molecule has 3 nitrogen and oxygen atoms in total. The first-order valence-corrected chi connectivity index (χ1v) is 7.30. The summed E-state index contributed by atoms with van der Waals surface area (Å²) in [7, 11) is 0. The van der Waals surface area contributed by atoms with Gasteiger partial charge in [0.05, 0.1) is 17.7 Å². The van der Waals surface area contributed by atoms with Gasteiger partial charge in [0.25, 0.3) is 0 Å². The molecule has 2 aromatic rings. The van der Waals surface area contributed by atoms with Crippen LogP contribution in [0.15, 0.2) is 36.5 Å². The first-order valence-electron chi connectivity index (χ1n) is 7.30. The molecule has 0 saturated heterocycles. The molecule has 1 heterocycles. The van der Waals surface area contributed by atoms with Gasteiger partial charge in [-0.1, -0.05) is 18.2 Å². The van der Waals surface area contributed by atoms with Crippen LogP contribution in [0, 0.1) is 24.2 Å². The number of pyridine rings is 1. The summed E-state index contributed by atoms with van der Waals surface area (Å²) in [5, 5.41) is 19.4. The molecular weight excluding hydrogens is 260 g/mol. The molecule has 3 rings (SSSR count). The number of hydrogen-bond donors (Lipinski definition) is 1. The molecule has 0 bridgehead atoms. The number of fused-ring (bicyclic) bond motifs is 1. The average Bonchev–Trinajstić information content (AvgIpc) is 2.51. The van der Waals surface area contributed by atoms with E-state index in [9.17, 15) is 5.11 Å². The number of aliphatic hydroxyl groups is 1. The van der Waals surface area contributed by atoms with Crippen molar-refractivity contribution >= 4 is 0 Å². The summed E-state index contributed by atoms with van der Waals surface area (Å²) in [5.41, 5.74) is 4.95. The molecule has 0 spiro atoms. The Bertz CT molecular complexity index is 685. The molecule has 1 aromatic heterocycles. The molecule has 2 atom stereocenters. The standard InChI is InChI=1S/C18H18N2O/c1-12-8-16-17(20-11-12)7-6-15(18(16)21)9-13-2-4-14(10-19)5-3-13/h2-5,8,11,15,18,21H,6-7,9H2,1H3. The third-order valence-electron chi connectivity index (χ3n) is 4.24. The molecule has 2 unspecified atom stereocenters. The van der Waals surface area contributed by atoms with E-state index in [1.165, 1.54) is 5.56 Å². The molecule has 1 aromatic carbocycles. The van der Waals surface area contributed by atoms with Gasteiger partial charge in [-0.3, -0.25) is 4.98 Å². The molecule has 0 amide bonds. The molecule has 21 heavy (non-hydrogen) atoms. The molecule has 106 valence electrons. The number of benzene rings is 1. The molecule has 3 heteroatoms. The van der Waals surface area contributed by atoms with E-state index in [-0.39, 0.29) is 5.92 Å². The van der Waals surface area contributed by atoms with Crippen molar-refractivity contribution in [1.29, 1.82) is 5.26 Å². The molecule has 0 aliphatic heterocycles. The van der Waals surface area contributed by atoms with Gasteiger partial charge in [0.1, 0.15) is 0 Å². The minimum atomic E-state index is -0.447. The van der Waals surface area contributed by atoms with E-state index in [0.717, 1.165) is 36.1 Å². The van der Waals surface area contributed by atoms with Gasteiger partial charge in [-0.15, -0.1) is 0 Å². The van der Waals surface area contributed by atoms with Crippen molar-refractivity contribution < 1.29 is 5.11 Å². The fraction of sp³-hybridized carbons (Fsp3) is 0.333. The zero-order valence-electron chi connectivity index (χ0n) is 12.1. The van der Waals surface area contributed by atoms with E-state index in [1.54, 1.807) is 0 Å². The van der Waals surface area contributed by atoms with Gasteiger partial charge in [-0.25, -0.2) is 0 Å². The molecule has 1 aliphatic carbocycles. The predicted molar refractivity (Wildman–Crippen MR) is 80.6 cm³/mol. The fourth-order valence-electron chi connectivity index (χ4n) is 3.05. The van der Waals surface area contributed by atoms with Crippen molar-refractivity contribution in [1.82, 2.24) is 4.98 Å². The van der Waals surface area contributed by atoms with Crippen LogP contribution >= 0.6 is 0 Å². The summed E-state index contributed by atoms with van der Waals surface area (Å²) < 4.78 is 0. The zero-order chi connectivity index (χ0) is 14.8. The fourth-order valence-corrected chi connectivity index (χ4v) is 3.05. The smallest absolute Gasteiger partial charge is 0.0991 e. The van der Waals surface area contributed by atoms with E-state index >= 15 is 0 Å². The van der Waals surface area contributed by atoms with Crippen LogP contribution in [0.25, 0.3) is 0 Å². The second-order valence-electron chi connectivity index (χ2n) is 5.81. The Labute approximate surface area is 124 Å². The number of nitriles is 1. The normalized spacial score (nSPS) is 20.6. The van der Waals surface area contributed by atoms with E-state index < -0.39 is 6.10 Å². The molecular formula is C18H18N2O. The first-order chi connectivity index (χ1) is 10.2. The highest BCUT2D eigenvalue weighted by molar-refractivity contribution is 5.33. The Hall–Kier alpha value is -2.18. The van der Waals surface area contributed by atoms with Gasteiger partial charge < -0.3 is 5.11 Å². The number of rotatable bonds is 2. The maximum atomic E-state index is 10.6. The molecule has 0 radical (unpaired) electrons. The highest BCUT2D eigenvalue weighted by Crippen LogP contribution is 2.35. The Kier molecular flexibility index (Phi) is 3.72. The van der Waals surface area contributed by atoms with Crippen LogP contribution in [-0.2, 0) is 12.8 Å². The lowest BCUT2D eigenvalue weighted by Crippen LogP contribution is -2.23. The highest BCUT2D eigenvalue weighted by Gasteiger charge is 2.28. The summed E-state index contributed by atoms with van der Waals surface area (Å²) in [6.45, 7) is 2.00. The van der Waals surface area contributed by atoms with Gasteiger partial charge in [0, 0.05) is 17.5 Å². The predicted octanol–water partition coefficient (Wildman–Crippen LogP) is 3.10. The SMILES string of the molecule is Cc1cnc2c(c1)C(O)C(Cc1ccc(C#N)cc1)CC2. The van der Waals surface area contributed by atoms with E-state index in [0.29, 0.717) is 5.56 Å². The number of hydrogen-bond acceptors (Lipinski definition) is 3. The highest BCUT2D eigenvalue weighted by atomic mass is 16.3. The molecule has 1 N–H and O–H groups in total. The third kappa shape index (κ3) is 2.81. The molecule has 1 aliphatic rings. The van der Waals surface area contributed by atoms with Gasteiger partial charge in [-0.05, 0) is 55.4 Å². The second kappa shape index (κ2) is 5.67. The third-order valence-corrected chi connectivity index (χ3v) is 4.24. The lowest BCUT2D eigenvalue weighted by atomic mass is 9.80. The van der Waals surface area contributed by atoms with Crippen LogP contribution in [0.5, 0.6) is 0 Å². The maximum absolute atomic E-state index is 10.6. The van der Waals surface area contributed by atoms with Crippen molar-refractivity contribution in [3.63, 3.8) is 0 Å². The summed E-state index contributed by atoms with van der Waals surface area (Å²) in [5.74, 6) is 0.217. The maximum Gasteiger partial charge on any atom is 0.0991 e. The largest absolute Gasteiger partial charge is 0.388 e. The lowest BCUT2D eigenvalue weighted by molar-refractivity contribution is 0.0925. The number of aliphatic hydroxyl groups excluding tert-OH is 1. The van der Waals surface area contributed by atoms with Crippen molar-refractivity contribution in [2.75, 3.05) is 0 Å². The summed E-state index contributed by atoms with van der Waals surface area (Å²) >= 11 is 0. The molecule has 0 fully saturated rings. The van der Waals surface area contributed by atoms with Gasteiger partial charge >= 0.3 is 0 Å².